The van der Waals surface area contributed by atoms with Gasteiger partial charge in [-0.1, -0.05) is 24.3 Å². The Bertz CT molecular complexity index is 1580. The molecule has 0 saturated heterocycles. The van der Waals surface area contributed by atoms with Gasteiger partial charge in [-0.25, -0.2) is 15.0 Å². The monoisotopic (exact) mass is 584 g/mol. The predicted octanol–water partition coefficient (Wildman–Crippen LogP) is 6.99. The van der Waals surface area contributed by atoms with Gasteiger partial charge in [0.05, 0.1) is 29.9 Å². The molecule has 1 aliphatic carbocycles. The molecule has 2 aromatic carbocycles. The van der Waals surface area contributed by atoms with Crippen LogP contribution in [0.25, 0.3) is 0 Å². The maximum absolute atomic E-state index is 13.7. The van der Waals surface area contributed by atoms with Crippen LogP contribution in [0.15, 0.2) is 66.9 Å². The van der Waals surface area contributed by atoms with Crippen LogP contribution in [0, 0.1) is 0 Å². The number of aromatic nitrogens is 3. The van der Waals surface area contributed by atoms with E-state index in [4.69, 9.17) is 9.97 Å². The summed E-state index contributed by atoms with van der Waals surface area (Å²) in [6.45, 7) is 0.596. The van der Waals surface area contributed by atoms with Crippen molar-refractivity contribution >= 4 is 17.3 Å². The van der Waals surface area contributed by atoms with Gasteiger partial charge in [0.1, 0.15) is 17.5 Å². The van der Waals surface area contributed by atoms with Crippen LogP contribution in [0.3, 0.4) is 0 Å². The molecule has 1 unspecified atom stereocenters. The summed E-state index contributed by atoms with van der Waals surface area (Å²) in [6, 6.07) is 15.1. The maximum Gasteiger partial charge on any atom is 0.419 e. The van der Waals surface area contributed by atoms with E-state index in [1.54, 1.807) is 4.90 Å². The highest BCUT2D eigenvalue weighted by molar-refractivity contribution is 5.62. The Morgan fingerprint density at radius 3 is 2.40 bits per heavy atom. The molecule has 0 spiro atoms. The molecule has 42 heavy (non-hydrogen) atoms. The van der Waals surface area contributed by atoms with Crippen molar-refractivity contribution in [2.24, 2.45) is 0 Å². The fraction of sp³-hybridized carbons (Fsp3) is 0.300. The minimum atomic E-state index is -4.57. The van der Waals surface area contributed by atoms with Crippen molar-refractivity contribution in [1.29, 1.82) is 0 Å². The van der Waals surface area contributed by atoms with Crippen LogP contribution in [-0.2, 0) is 38.3 Å². The normalized spacial score (nSPS) is 16.7. The van der Waals surface area contributed by atoms with Gasteiger partial charge >= 0.3 is 12.4 Å². The standard InChI is InChI=1S/C30H26F6N6/c31-29(32,33)19-8-10-20(11-9-19)39-27-22-13-15-42(28-23(30(34,35)36)6-3-14-37-28)17-25(22)40-26(41-27)16-38-24-12-7-18-4-1-2-5-21(18)24/h1-6,8-11,14,24,38H,7,12-13,15-17H2,(H,39,40,41). The van der Waals surface area contributed by atoms with Gasteiger partial charge in [-0.3, -0.25) is 0 Å². The molecule has 1 atom stereocenters. The lowest BCUT2D eigenvalue weighted by Gasteiger charge is -2.32. The van der Waals surface area contributed by atoms with Gasteiger partial charge in [-0.15, -0.1) is 0 Å². The lowest BCUT2D eigenvalue weighted by atomic mass is 10.0. The Morgan fingerprint density at radius 2 is 1.64 bits per heavy atom. The highest BCUT2D eigenvalue weighted by Gasteiger charge is 2.37. The maximum atomic E-state index is 13.7. The average Bonchev–Trinajstić information content (AvgIpc) is 3.38. The van der Waals surface area contributed by atoms with Gasteiger partial charge in [-0.2, -0.15) is 26.3 Å². The first kappa shape index (κ1) is 28.0. The van der Waals surface area contributed by atoms with E-state index in [1.165, 1.54) is 35.5 Å². The summed E-state index contributed by atoms with van der Waals surface area (Å²) in [4.78, 5) is 15.0. The third kappa shape index (κ3) is 5.76. The highest BCUT2D eigenvalue weighted by Crippen LogP contribution is 2.38. The third-order valence-electron chi connectivity index (χ3n) is 7.62. The summed E-state index contributed by atoms with van der Waals surface area (Å²) in [7, 11) is 0. The fourth-order valence-corrected chi connectivity index (χ4v) is 5.58. The summed E-state index contributed by atoms with van der Waals surface area (Å²) in [5.41, 5.74) is 2.52. The largest absolute Gasteiger partial charge is 0.419 e. The van der Waals surface area contributed by atoms with Crippen LogP contribution in [0.5, 0.6) is 0 Å². The van der Waals surface area contributed by atoms with Crippen LogP contribution >= 0.6 is 0 Å². The number of hydrogen-bond donors (Lipinski definition) is 2. The van der Waals surface area contributed by atoms with Gasteiger partial charge in [0.2, 0.25) is 0 Å². The molecule has 3 heterocycles. The Kier molecular flexibility index (Phi) is 7.25. The molecule has 1 aliphatic heterocycles. The van der Waals surface area contributed by atoms with Gasteiger partial charge in [-0.05, 0) is 66.8 Å². The van der Waals surface area contributed by atoms with Crippen molar-refractivity contribution in [3.63, 3.8) is 0 Å². The van der Waals surface area contributed by atoms with Gasteiger partial charge in [0, 0.05) is 30.0 Å². The molecule has 0 amide bonds. The number of hydrogen-bond acceptors (Lipinski definition) is 6. The molecule has 12 heteroatoms. The van der Waals surface area contributed by atoms with E-state index < -0.39 is 23.5 Å². The zero-order valence-corrected chi connectivity index (χ0v) is 22.2. The Morgan fingerprint density at radius 1 is 0.857 bits per heavy atom. The molecule has 218 valence electrons. The van der Waals surface area contributed by atoms with Crippen LogP contribution in [0.4, 0.5) is 43.7 Å². The second-order valence-electron chi connectivity index (χ2n) is 10.3. The average molecular weight is 585 g/mol. The van der Waals surface area contributed by atoms with E-state index in [-0.39, 0.29) is 24.9 Å². The van der Waals surface area contributed by atoms with E-state index in [0.717, 1.165) is 31.0 Å². The number of pyridine rings is 1. The van der Waals surface area contributed by atoms with E-state index in [0.29, 0.717) is 41.6 Å². The van der Waals surface area contributed by atoms with Gasteiger partial charge in [0.25, 0.3) is 0 Å². The number of anilines is 3. The molecule has 2 aromatic heterocycles. The van der Waals surface area contributed by atoms with Crippen molar-refractivity contribution in [3.05, 3.63) is 106 Å². The smallest absolute Gasteiger partial charge is 0.350 e. The first-order valence-electron chi connectivity index (χ1n) is 13.5. The topological polar surface area (TPSA) is 66.0 Å². The molecule has 0 bridgehead atoms. The first-order chi connectivity index (χ1) is 20.1. The minimum absolute atomic E-state index is 0.0684. The number of aryl methyl sites for hydroxylation is 1. The van der Waals surface area contributed by atoms with E-state index >= 15 is 0 Å². The fourth-order valence-electron chi connectivity index (χ4n) is 5.58. The summed E-state index contributed by atoms with van der Waals surface area (Å²) < 4.78 is 80.5. The molecular formula is C30H26F6N6. The van der Waals surface area contributed by atoms with Crippen molar-refractivity contribution in [2.45, 2.75) is 50.7 Å². The lowest BCUT2D eigenvalue weighted by molar-refractivity contribution is -0.138. The van der Waals surface area contributed by atoms with Crippen LogP contribution in [0.2, 0.25) is 0 Å². The molecule has 0 fully saturated rings. The first-order valence-corrected chi connectivity index (χ1v) is 13.5. The van der Waals surface area contributed by atoms with Gasteiger partial charge < -0.3 is 15.5 Å². The molecule has 4 aromatic rings. The second-order valence-corrected chi connectivity index (χ2v) is 10.3. The zero-order valence-electron chi connectivity index (χ0n) is 22.2. The lowest BCUT2D eigenvalue weighted by Crippen LogP contribution is -2.34. The quantitative estimate of drug-likeness (QED) is 0.238. The molecular weight excluding hydrogens is 558 g/mol. The summed E-state index contributed by atoms with van der Waals surface area (Å²) in [6.07, 6.45) is -5.54. The summed E-state index contributed by atoms with van der Waals surface area (Å²) >= 11 is 0. The highest BCUT2D eigenvalue weighted by atomic mass is 19.4. The van der Waals surface area contributed by atoms with E-state index in [1.807, 2.05) is 12.1 Å². The number of nitrogens with zero attached hydrogens (tertiary/aromatic N) is 4. The molecule has 2 N–H and O–H groups in total. The van der Waals surface area contributed by atoms with Crippen LogP contribution in [-0.4, -0.2) is 21.5 Å². The van der Waals surface area contributed by atoms with E-state index in [9.17, 15) is 26.3 Å². The van der Waals surface area contributed by atoms with Crippen molar-refractivity contribution < 1.29 is 26.3 Å². The van der Waals surface area contributed by atoms with Gasteiger partial charge in [0.15, 0.2) is 0 Å². The third-order valence-corrected chi connectivity index (χ3v) is 7.62. The zero-order chi connectivity index (χ0) is 29.5. The number of nitrogens with one attached hydrogen (secondary N) is 2. The number of fused-ring (bicyclic) bond motifs is 2. The molecule has 0 radical (unpaired) electrons. The van der Waals surface area contributed by atoms with Crippen LogP contribution in [0.1, 0.15) is 51.8 Å². The molecule has 2 aliphatic rings. The molecule has 0 saturated carbocycles. The second kappa shape index (κ2) is 10.9. The minimum Gasteiger partial charge on any atom is -0.350 e. The Labute approximate surface area is 237 Å². The number of halogens is 6. The van der Waals surface area contributed by atoms with Crippen LogP contribution < -0.4 is 15.5 Å². The number of alkyl halides is 6. The molecule has 6 rings (SSSR count). The SMILES string of the molecule is FC(F)(F)c1ccc(Nc2nc(CNC3CCc4ccccc43)nc3c2CCN(c2ncccc2C(F)(F)F)C3)cc1. The number of rotatable bonds is 6. The number of benzene rings is 2. The van der Waals surface area contributed by atoms with Crippen molar-refractivity contribution in [2.75, 3.05) is 16.8 Å². The molecule has 6 nitrogen and oxygen atoms in total. The van der Waals surface area contributed by atoms with Crippen molar-refractivity contribution in [1.82, 2.24) is 20.3 Å². The van der Waals surface area contributed by atoms with Crippen molar-refractivity contribution in [3.8, 4) is 0 Å². The van der Waals surface area contributed by atoms with E-state index in [2.05, 4.69) is 27.8 Å². The predicted molar refractivity (Wildman–Crippen MR) is 145 cm³/mol. The summed E-state index contributed by atoms with van der Waals surface area (Å²) in [5, 5.41) is 6.62. The Balaban J connectivity index is 1.31. The Hall–Kier alpha value is -4.19. The summed E-state index contributed by atoms with van der Waals surface area (Å²) in [5.74, 6) is 0.667.